The van der Waals surface area contributed by atoms with Gasteiger partial charge in [-0.3, -0.25) is 0 Å². The van der Waals surface area contributed by atoms with Gasteiger partial charge in [0.15, 0.2) is 0 Å². The van der Waals surface area contributed by atoms with Crippen LogP contribution >= 0.6 is 0 Å². The monoisotopic (exact) mass is 430 g/mol. The largest absolute Gasteiger partial charge is 0.390 e. The van der Waals surface area contributed by atoms with Gasteiger partial charge in [0.25, 0.3) is 0 Å². The van der Waals surface area contributed by atoms with Crippen molar-refractivity contribution < 1.29 is 10.2 Å². The van der Waals surface area contributed by atoms with Crippen LogP contribution in [0, 0.1) is 46.3 Å². The topological polar surface area (TPSA) is 40.5 Å². The van der Waals surface area contributed by atoms with E-state index in [2.05, 4.69) is 34.3 Å². The van der Waals surface area contributed by atoms with Crippen molar-refractivity contribution in [2.45, 2.75) is 123 Å². The third-order valence-electron chi connectivity index (χ3n) is 11.4. The van der Waals surface area contributed by atoms with Crippen molar-refractivity contribution in [2.24, 2.45) is 46.3 Å². The Labute approximate surface area is 192 Å². The van der Waals surface area contributed by atoms with Crippen molar-refractivity contribution in [2.75, 3.05) is 0 Å². The molecule has 4 aliphatic carbocycles. The van der Waals surface area contributed by atoms with E-state index >= 15 is 0 Å². The van der Waals surface area contributed by atoms with E-state index < -0.39 is 11.2 Å². The fraction of sp³-hybridized carbons (Fsp3) is 0.931. The third-order valence-corrected chi connectivity index (χ3v) is 11.4. The summed E-state index contributed by atoms with van der Waals surface area (Å²) < 4.78 is 0. The minimum Gasteiger partial charge on any atom is -0.390 e. The van der Waals surface area contributed by atoms with Crippen LogP contribution in [0.15, 0.2) is 12.7 Å². The molecule has 4 saturated carbocycles. The Morgan fingerprint density at radius 2 is 1.71 bits per heavy atom. The van der Waals surface area contributed by atoms with Gasteiger partial charge in [-0.15, -0.1) is 6.58 Å². The molecule has 2 N–H and O–H groups in total. The predicted octanol–water partition coefficient (Wildman–Crippen LogP) is 7.14. The molecule has 1 unspecified atom stereocenters. The smallest absolute Gasteiger partial charge is 0.0654 e. The van der Waals surface area contributed by atoms with Crippen molar-refractivity contribution in [3.63, 3.8) is 0 Å². The van der Waals surface area contributed by atoms with Crippen LogP contribution in [-0.2, 0) is 0 Å². The first-order valence-corrected chi connectivity index (χ1v) is 13.5. The molecule has 0 aromatic heterocycles. The third kappa shape index (κ3) is 4.18. The molecule has 0 aromatic rings. The van der Waals surface area contributed by atoms with Gasteiger partial charge in [0, 0.05) is 0 Å². The quantitative estimate of drug-likeness (QED) is 0.440. The van der Waals surface area contributed by atoms with E-state index in [1.165, 1.54) is 44.9 Å². The van der Waals surface area contributed by atoms with Gasteiger partial charge in [-0.05, 0) is 137 Å². The van der Waals surface area contributed by atoms with Crippen LogP contribution in [0.25, 0.3) is 0 Å². The Bertz CT molecular complexity index is 666. The molecule has 0 saturated heterocycles. The molecule has 0 radical (unpaired) electrons. The molecule has 2 heteroatoms. The first-order valence-electron chi connectivity index (χ1n) is 13.5. The first-order chi connectivity index (χ1) is 14.4. The summed E-state index contributed by atoms with van der Waals surface area (Å²) in [6.07, 6.45) is 16.2. The van der Waals surface area contributed by atoms with Gasteiger partial charge in [-0.1, -0.05) is 26.8 Å². The molecule has 0 amide bonds. The second-order valence-electron chi connectivity index (χ2n) is 13.6. The molecule has 4 fully saturated rings. The molecule has 0 aromatic carbocycles. The second-order valence-corrected chi connectivity index (χ2v) is 13.6. The lowest BCUT2D eigenvalue weighted by atomic mass is 9.43. The molecular weight excluding hydrogens is 380 g/mol. The Balaban J connectivity index is 1.46. The summed E-state index contributed by atoms with van der Waals surface area (Å²) in [5.41, 5.74) is -0.0730. The van der Waals surface area contributed by atoms with Gasteiger partial charge < -0.3 is 10.2 Å². The highest BCUT2D eigenvalue weighted by Crippen LogP contribution is 2.68. The van der Waals surface area contributed by atoms with Gasteiger partial charge >= 0.3 is 0 Å². The molecule has 0 spiro atoms. The van der Waals surface area contributed by atoms with Crippen molar-refractivity contribution in [1.82, 2.24) is 0 Å². The van der Waals surface area contributed by atoms with Crippen LogP contribution in [0.2, 0.25) is 0 Å². The summed E-state index contributed by atoms with van der Waals surface area (Å²) in [5.74, 6) is 4.92. The highest BCUT2D eigenvalue weighted by molar-refractivity contribution is 5.10. The van der Waals surface area contributed by atoms with E-state index in [0.29, 0.717) is 23.2 Å². The molecule has 4 rings (SSSR count). The van der Waals surface area contributed by atoms with E-state index in [-0.39, 0.29) is 0 Å². The van der Waals surface area contributed by atoms with Crippen LogP contribution in [0.4, 0.5) is 0 Å². The van der Waals surface area contributed by atoms with E-state index in [1.54, 1.807) is 0 Å². The van der Waals surface area contributed by atoms with Gasteiger partial charge in [0.05, 0.1) is 11.2 Å². The normalized spacial score (nSPS) is 50.0. The maximum atomic E-state index is 10.7. The molecule has 10 atom stereocenters. The second kappa shape index (κ2) is 8.15. The molecule has 31 heavy (non-hydrogen) atoms. The SMILES string of the molecule is C=CC[C@](C)(O)CC[C@@H](C)C1CC[C@H]2[C@@H]3CC[C@H]4C[C@@](C)(O)CC[C@]4(C)[C@H]3CC[C@]12C. The van der Waals surface area contributed by atoms with Gasteiger partial charge in [0.2, 0.25) is 0 Å². The maximum Gasteiger partial charge on any atom is 0.0654 e. The average Bonchev–Trinajstić information content (AvgIpc) is 3.04. The summed E-state index contributed by atoms with van der Waals surface area (Å²) >= 11 is 0. The number of aliphatic hydroxyl groups is 2. The number of fused-ring (bicyclic) bond motifs is 5. The summed E-state index contributed by atoms with van der Waals surface area (Å²) in [6, 6.07) is 0. The molecule has 0 bridgehead atoms. The van der Waals surface area contributed by atoms with Crippen molar-refractivity contribution >= 4 is 0 Å². The summed E-state index contributed by atoms with van der Waals surface area (Å²) in [6.45, 7) is 15.6. The van der Waals surface area contributed by atoms with Crippen LogP contribution in [0.5, 0.6) is 0 Å². The highest BCUT2D eigenvalue weighted by atomic mass is 16.3. The number of hydrogen-bond acceptors (Lipinski definition) is 2. The number of rotatable bonds is 6. The molecule has 0 aliphatic heterocycles. The molecular formula is C29H50O2. The zero-order valence-corrected chi connectivity index (χ0v) is 21.1. The summed E-state index contributed by atoms with van der Waals surface area (Å²) in [5, 5.41) is 21.4. The van der Waals surface area contributed by atoms with Crippen molar-refractivity contribution in [3.05, 3.63) is 12.7 Å². The van der Waals surface area contributed by atoms with Crippen LogP contribution in [0.1, 0.15) is 112 Å². The lowest BCUT2D eigenvalue weighted by molar-refractivity contribution is -0.148. The molecule has 178 valence electrons. The molecule has 4 aliphatic rings. The lowest BCUT2D eigenvalue weighted by Gasteiger charge is -2.62. The van der Waals surface area contributed by atoms with E-state index in [9.17, 15) is 10.2 Å². The molecule has 2 nitrogen and oxygen atoms in total. The van der Waals surface area contributed by atoms with E-state index in [1.807, 2.05) is 13.0 Å². The average molecular weight is 431 g/mol. The lowest BCUT2D eigenvalue weighted by Crippen LogP contribution is -2.55. The first kappa shape index (κ1) is 23.8. The Kier molecular flexibility index (Phi) is 6.26. The van der Waals surface area contributed by atoms with Crippen LogP contribution < -0.4 is 0 Å². The fourth-order valence-electron chi connectivity index (χ4n) is 9.56. The van der Waals surface area contributed by atoms with Crippen LogP contribution in [-0.4, -0.2) is 21.4 Å². The fourth-order valence-corrected chi connectivity index (χ4v) is 9.56. The number of hydrogen-bond donors (Lipinski definition) is 2. The van der Waals surface area contributed by atoms with Crippen molar-refractivity contribution in [1.29, 1.82) is 0 Å². The van der Waals surface area contributed by atoms with Crippen LogP contribution in [0.3, 0.4) is 0 Å². The summed E-state index contributed by atoms with van der Waals surface area (Å²) in [4.78, 5) is 0. The van der Waals surface area contributed by atoms with Gasteiger partial charge in [-0.2, -0.15) is 0 Å². The minimum absolute atomic E-state index is 0.430. The Morgan fingerprint density at radius 3 is 2.42 bits per heavy atom. The summed E-state index contributed by atoms with van der Waals surface area (Å²) in [7, 11) is 0. The maximum absolute atomic E-state index is 10.7. The van der Waals surface area contributed by atoms with Gasteiger partial charge in [-0.25, -0.2) is 0 Å². The minimum atomic E-state index is -0.595. The van der Waals surface area contributed by atoms with E-state index in [0.717, 1.165) is 55.3 Å². The standard InChI is InChI=1S/C29H50O2/c1-7-14-26(3,30)15-12-20(2)23-10-11-24-22-9-8-21-19-27(4,31)17-18-28(21,5)25(22)13-16-29(23,24)6/h7,20-25,30-31H,1,8-19H2,2-6H3/t20-,21+,22+,23?,24+,25+,26+,27+,28+,29-/m1/s1. The Hall–Kier alpha value is -0.340. The molecule has 0 heterocycles. The van der Waals surface area contributed by atoms with Gasteiger partial charge in [0.1, 0.15) is 0 Å². The van der Waals surface area contributed by atoms with Crippen molar-refractivity contribution in [3.8, 4) is 0 Å². The van der Waals surface area contributed by atoms with E-state index in [4.69, 9.17) is 0 Å². The zero-order valence-electron chi connectivity index (χ0n) is 21.1. The predicted molar refractivity (Wildman–Crippen MR) is 130 cm³/mol. The Morgan fingerprint density at radius 1 is 1.00 bits per heavy atom. The highest BCUT2D eigenvalue weighted by Gasteiger charge is 2.61. The zero-order chi connectivity index (χ0) is 22.7.